The van der Waals surface area contributed by atoms with E-state index in [9.17, 15) is 0 Å². The lowest BCUT2D eigenvalue weighted by Gasteiger charge is -2.26. The highest BCUT2D eigenvalue weighted by molar-refractivity contribution is 4.79. The van der Waals surface area contributed by atoms with E-state index in [0.29, 0.717) is 0 Å². The molecule has 2 nitrogen and oxygen atoms in total. The molecular formula is C11H24N2. The highest BCUT2D eigenvalue weighted by Crippen LogP contribution is 2.20. The first-order valence-corrected chi connectivity index (χ1v) is 5.66. The maximum absolute atomic E-state index is 3.25. The van der Waals surface area contributed by atoms with Gasteiger partial charge >= 0.3 is 0 Å². The SMILES string of the molecule is CCC1CCCN1CC(C)CNC. The van der Waals surface area contributed by atoms with Gasteiger partial charge < -0.3 is 10.2 Å². The Morgan fingerprint density at radius 2 is 2.31 bits per heavy atom. The van der Waals surface area contributed by atoms with Crippen LogP contribution in [0.4, 0.5) is 0 Å². The van der Waals surface area contributed by atoms with Crippen molar-refractivity contribution in [3.05, 3.63) is 0 Å². The Labute approximate surface area is 82.7 Å². The summed E-state index contributed by atoms with van der Waals surface area (Å²) in [5, 5.41) is 3.25. The molecule has 0 aliphatic carbocycles. The Balaban J connectivity index is 2.26. The van der Waals surface area contributed by atoms with Crippen LogP contribution in [0.1, 0.15) is 33.1 Å². The van der Waals surface area contributed by atoms with E-state index in [2.05, 4.69) is 24.1 Å². The van der Waals surface area contributed by atoms with Crippen LogP contribution in [0.25, 0.3) is 0 Å². The Kier molecular flexibility index (Phi) is 4.74. The van der Waals surface area contributed by atoms with Gasteiger partial charge in [-0.3, -0.25) is 0 Å². The van der Waals surface area contributed by atoms with Crippen molar-refractivity contribution < 1.29 is 0 Å². The summed E-state index contributed by atoms with van der Waals surface area (Å²) in [6, 6.07) is 0.874. The number of likely N-dealkylation sites (tertiary alicyclic amines) is 1. The van der Waals surface area contributed by atoms with Crippen LogP contribution in [-0.2, 0) is 0 Å². The molecule has 1 rings (SSSR count). The Hall–Kier alpha value is -0.0800. The van der Waals surface area contributed by atoms with Gasteiger partial charge in [0.25, 0.3) is 0 Å². The molecule has 0 amide bonds. The molecule has 1 N–H and O–H groups in total. The van der Waals surface area contributed by atoms with E-state index in [-0.39, 0.29) is 0 Å². The monoisotopic (exact) mass is 184 g/mol. The van der Waals surface area contributed by atoms with Crippen LogP contribution in [-0.4, -0.2) is 37.6 Å². The minimum absolute atomic E-state index is 0.789. The van der Waals surface area contributed by atoms with Gasteiger partial charge in [-0.25, -0.2) is 0 Å². The van der Waals surface area contributed by atoms with E-state index >= 15 is 0 Å². The molecule has 2 unspecified atom stereocenters. The van der Waals surface area contributed by atoms with E-state index in [1.807, 2.05) is 7.05 Å². The highest BCUT2D eigenvalue weighted by Gasteiger charge is 2.23. The van der Waals surface area contributed by atoms with Gasteiger partial charge in [0.2, 0.25) is 0 Å². The van der Waals surface area contributed by atoms with Gasteiger partial charge in [0.1, 0.15) is 0 Å². The van der Waals surface area contributed by atoms with Crippen molar-refractivity contribution in [2.75, 3.05) is 26.7 Å². The number of nitrogens with one attached hydrogen (secondary N) is 1. The maximum Gasteiger partial charge on any atom is 0.00932 e. The molecule has 1 aliphatic heterocycles. The minimum atomic E-state index is 0.789. The number of hydrogen-bond acceptors (Lipinski definition) is 2. The highest BCUT2D eigenvalue weighted by atomic mass is 15.2. The van der Waals surface area contributed by atoms with Crippen LogP contribution >= 0.6 is 0 Å². The van der Waals surface area contributed by atoms with Crippen molar-refractivity contribution in [2.45, 2.75) is 39.2 Å². The van der Waals surface area contributed by atoms with E-state index in [1.165, 1.54) is 32.4 Å². The van der Waals surface area contributed by atoms with Gasteiger partial charge in [-0.2, -0.15) is 0 Å². The average molecular weight is 184 g/mol. The normalized spacial score (nSPS) is 26.5. The first-order chi connectivity index (χ1) is 6.27. The molecule has 0 aromatic rings. The summed E-state index contributed by atoms with van der Waals surface area (Å²) >= 11 is 0. The van der Waals surface area contributed by atoms with Crippen molar-refractivity contribution >= 4 is 0 Å². The fourth-order valence-corrected chi connectivity index (χ4v) is 2.41. The second-order valence-corrected chi connectivity index (χ2v) is 4.36. The smallest absolute Gasteiger partial charge is 0.00932 e. The molecule has 0 bridgehead atoms. The third-order valence-electron chi connectivity index (χ3n) is 3.07. The van der Waals surface area contributed by atoms with Crippen molar-refractivity contribution in [3.8, 4) is 0 Å². The Bertz CT molecular complexity index is 136. The second-order valence-electron chi connectivity index (χ2n) is 4.36. The van der Waals surface area contributed by atoms with Gasteiger partial charge in [0, 0.05) is 12.6 Å². The van der Waals surface area contributed by atoms with Gasteiger partial charge in [-0.1, -0.05) is 13.8 Å². The molecule has 13 heavy (non-hydrogen) atoms. The molecule has 78 valence electrons. The molecule has 0 radical (unpaired) electrons. The maximum atomic E-state index is 3.25. The molecule has 1 fully saturated rings. The van der Waals surface area contributed by atoms with Crippen molar-refractivity contribution in [2.24, 2.45) is 5.92 Å². The third kappa shape index (κ3) is 3.28. The van der Waals surface area contributed by atoms with Crippen molar-refractivity contribution in [1.29, 1.82) is 0 Å². The predicted octanol–water partition coefficient (Wildman–Crippen LogP) is 1.72. The minimum Gasteiger partial charge on any atom is -0.319 e. The standard InChI is InChI=1S/C11H24N2/c1-4-11-6-5-7-13(11)9-10(2)8-12-3/h10-12H,4-9H2,1-3H3. The molecule has 1 heterocycles. The van der Waals surface area contributed by atoms with E-state index in [1.54, 1.807) is 0 Å². The van der Waals surface area contributed by atoms with E-state index in [0.717, 1.165) is 18.5 Å². The van der Waals surface area contributed by atoms with Gasteiger partial charge in [0.15, 0.2) is 0 Å². The summed E-state index contributed by atoms with van der Waals surface area (Å²) in [7, 11) is 2.04. The lowest BCUT2D eigenvalue weighted by Crippen LogP contribution is -2.35. The zero-order valence-corrected chi connectivity index (χ0v) is 9.34. The largest absolute Gasteiger partial charge is 0.319 e. The van der Waals surface area contributed by atoms with Crippen LogP contribution in [0.3, 0.4) is 0 Å². The second kappa shape index (κ2) is 5.61. The molecule has 2 atom stereocenters. The summed E-state index contributed by atoms with van der Waals surface area (Å²) in [6.07, 6.45) is 4.15. The quantitative estimate of drug-likeness (QED) is 0.700. The zero-order chi connectivity index (χ0) is 9.68. The molecule has 0 aromatic heterocycles. The van der Waals surface area contributed by atoms with Crippen molar-refractivity contribution in [3.63, 3.8) is 0 Å². The topological polar surface area (TPSA) is 15.3 Å². The number of nitrogens with zero attached hydrogens (tertiary/aromatic N) is 1. The first-order valence-electron chi connectivity index (χ1n) is 5.66. The average Bonchev–Trinajstić information content (AvgIpc) is 2.52. The first kappa shape index (κ1) is 11.0. The van der Waals surface area contributed by atoms with Crippen molar-refractivity contribution in [1.82, 2.24) is 10.2 Å². The predicted molar refractivity (Wildman–Crippen MR) is 58.0 cm³/mol. The fourth-order valence-electron chi connectivity index (χ4n) is 2.41. The third-order valence-corrected chi connectivity index (χ3v) is 3.07. The Morgan fingerprint density at radius 1 is 1.54 bits per heavy atom. The number of rotatable bonds is 5. The van der Waals surface area contributed by atoms with Crippen LogP contribution in [0.2, 0.25) is 0 Å². The zero-order valence-electron chi connectivity index (χ0n) is 9.34. The molecule has 0 aromatic carbocycles. The Morgan fingerprint density at radius 3 is 2.92 bits per heavy atom. The molecule has 1 saturated heterocycles. The summed E-state index contributed by atoms with van der Waals surface area (Å²) in [5.74, 6) is 0.789. The molecule has 0 spiro atoms. The molecule has 1 aliphatic rings. The van der Waals surface area contributed by atoms with Crippen LogP contribution in [0.15, 0.2) is 0 Å². The van der Waals surface area contributed by atoms with E-state index < -0.39 is 0 Å². The van der Waals surface area contributed by atoms with E-state index in [4.69, 9.17) is 0 Å². The molecule has 0 saturated carbocycles. The number of hydrogen-bond donors (Lipinski definition) is 1. The van der Waals surface area contributed by atoms with Crippen LogP contribution in [0, 0.1) is 5.92 Å². The molecule has 2 heteroatoms. The summed E-state index contributed by atoms with van der Waals surface area (Å²) in [6.45, 7) is 8.39. The summed E-state index contributed by atoms with van der Waals surface area (Å²) in [4.78, 5) is 2.67. The van der Waals surface area contributed by atoms with Gasteiger partial charge in [-0.05, 0) is 45.3 Å². The van der Waals surface area contributed by atoms with Crippen LogP contribution < -0.4 is 5.32 Å². The summed E-state index contributed by atoms with van der Waals surface area (Å²) < 4.78 is 0. The fraction of sp³-hybridized carbons (Fsp3) is 1.00. The van der Waals surface area contributed by atoms with Crippen LogP contribution in [0.5, 0.6) is 0 Å². The molecular weight excluding hydrogens is 160 g/mol. The van der Waals surface area contributed by atoms with Gasteiger partial charge in [0.05, 0.1) is 0 Å². The van der Waals surface area contributed by atoms with Gasteiger partial charge in [-0.15, -0.1) is 0 Å². The lowest BCUT2D eigenvalue weighted by molar-refractivity contribution is 0.215. The summed E-state index contributed by atoms with van der Waals surface area (Å²) in [5.41, 5.74) is 0. The lowest BCUT2D eigenvalue weighted by atomic mass is 10.1.